The number of carbonyl (C=O) groups excluding carboxylic acids is 2. The van der Waals surface area contributed by atoms with E-state index in [-0.39, 0.29) is 19.8 Å². The molecule has 1 N–H and O–H groups in total. The predicted molar refractivity (Wildman–Crippen MR) is 96.4 cm³/mol. The maximum atomic E-state index is 12.5. The molecule has 1 rings (SSSR count). The predicted octanol–water partition coefficient (Wildman–Crippen LogP) is 3.49. The molecule has 5 nitrogen and oxygen atoms in total. The van der Waals surface area contributed by atoms with Gasteiger partial charge in [0, 0.05) is 10.9 Å². The molecule has 0 unspecified atom stereocenters. The number of benzene rings is 1. The molecular weight excluding hydrogens is 344 g/mol. The van der Waals surface area contributed by atoms with Gasteiger partial charge in [-0.3, -0.25) is 9.59 Å². The summed E-state index contributed by atoms with van der Waals surface area (Å²) in [6.45, 7) is 5.39. The Balaban J connectivity index is 3.36. The second-order valence-electron chi connectivity index (χ2n) is 5.55. The standard InChI is InChI=1S/C19H25ClO5/c1-4-24-18(22)17(19(23)25-5-2)15(12-13(3)10-11-21)14-8-6-7-9-16(14)20/h6-10,15,17,21H,4-5,11-12H2,1-3H3/b13-10+/t15-/m1/s1. The number of hydrogen-bond donors (Lipinski definition) is 1. The minimum absolute atomic E-state index is 0.120. The molecule has 0 aliphatic rings. The van der Waals surface area contributed by atoms with Crippen molar-refractivity contribution in [2.75, 3.05) is 19.8 Å². The largest absolute Gasteiger partial charge is 0.465 e. The highest BCUT2D eigenvalue weighted by Gasteiger charge is 2.39. The smallest absolute Gasteiger partial charge is 0.320 e. The van der Waals surface area contributed by atoms with Crippen LogP contribution in [0.2, 0.25) is 5.02 Å². The normalized spacial score (nSPS) is 12.8. The van der Waals surface area contributed by atoms with E-state index in [0.717, 1.165) is 5.57 Å². The van der Waals surface area contributed by atoms with Gasteiger partial charge in [-0.2, -0.15) is 0 Å². The number of rotatable bonds is 9. The molecule has 0 amide bonds. The maximum Gasteiger partial charge on any atom is 0.320 e. The van der Waals surface area contributed by atoms with Crippen molar-refractivity contribution in [2.24, 2.45) is 5.92 Å². The monoisotopic (exact) mass is 368 g/mol. The average molecular weight is 369 g/mol. The molecule has 1 aromatic carbocycles. The third-order valence-electron chi connectivity index (χ3n) is 3.77. The highest BCUT2D eigenvalue weighted by atomic mass is 35.5. The molecule has 25 heavy (non-hydrogen) atoms. The number of hydrogen-bond acceptors (Lipinski definition) is 5. The quantitative estimate of drug-likeness (QED) is 0.410. The van der Waals surface area contributed by atoms with Gasteiger partial charge in [-0.15, -0.1) is 0 Å². The van der Waals surface area contributed by atoms with Crippen LogP contribution in [0.4, 0.5) is 0 Å². The first kappa shape index (κ1) is 21.2. The Morgan fingerprint density at radius 2 is 1.72 bits per heavy atom. The van der Waals surface area contributed by atoms with Gasteiger partial charge in [0.15, 0.2) is 5.92 Å². The van der Waals surface area contributed by atoms with Crippen molar-refractivity contribution in [2.45, 2.75) is 33.1 Å². The summed E-state index contributed by atoms with van der Waals surface area (Å²) in [5, 5.41) is 9.58. The first-order chi connectivity index (χ1) is 12.0. The first-order valence-corrected chi connectivity index (χ1v) is 8.68. The van der Waals surface area contributed by atoms with E-state index in [1.54, 1.807) is 44.2 Å². The van der Waals surface area contributed by atoms with Gasteiger partial charge in [0.2, 0.25) is 0 Å². The van der Waals surface area contributed by atoms with Crippen LogP contribution < -0.4 is 0 Å². The van der Waals surface area contributed by atoms with Crippen molar-refractivity contribution in [3.63, 3.8) is 0 Å². The van der Waals surface area contributed by atoms with Gasteiger partial charge in [0.25, 0.3) is 0 Å². The highest BCUT2D eigenvalue weighted by molar-refractivity contribution is 6.31. The number of esters is 2. The molecule has 1 atom stereocenters. The molecule has 0 aliphatic heterocycles. The van der Waals surface area contributed by atoms with E-state index in [2.05, 4.69) is 0 Å². The van der Waals surface area contributed by atoms with Crippen LogP contribution in [-0.4, -0.2) is 36.9 Å². The maximum absolute atomic E-state index is 12.5. The summed E-state index contributed by atoms with van der Waals surface area (Å²) in [5.74, 6) is -2.94. The van der Waals surface area contributed by atoms with Crippen LogP contribution in [0.15, 0.2) is 35.9 Å². The van der Waals surface area contributed by atoms with Crippen molar-refractivity contribution < 1.29 is 24.2 Å². The molecule has 1 aromatic rings. The summed E-state index contributed by atoms with van der Waals surface area (Å²) in [4.78, 5) is 25.0. The van der Waals surface area contributed by atoms with E-state index >= 15 is 0 Å². The van der Waals surface area contributed by atoms with Gasteiger partial charge in [-0.05, 0) is 38.8 Å². The number of ether oxygens (including phenoxy) is 2. The van der Waals surface area contributed by atoms with Crippen molar-refractivity contribution >= 4 is 23.5 Å². The summed E-state index contributed by atoms with van der Waals surface area (Å²) in [6, 6.07) is 7.07. The second kappa shape index (κ2) is 10.9. The van der Waals surface area contributed by atoms with E-state index in [1.807, 2.05) is 6.92 Å². The van der Waals surface area contributed by atoms with Crippen LogP contribution in [-0.2, 0) is 19.1 Å². The van der Waals surface area contributed by atoms with E-state index in [9.17, 15) is 9.59 Å². The van der Waals surface area contributed by atoms with Crippen molar-refractivity contribution in [3.05, 3.63) is 46.5 Å². The summed E-state index contributed by atoms with van der Waals surface area (Å²) in [5.41, 5.74) is 1.51. The zero-order valence-electron chi connectivity index (χ0n) is 14.8. The van der Waals surface area contributed by atoms with E-state index in [4.69, 9.17) is 26.2 Å². The number of allylic oxidation sites excluding steroid dienone is 1. The molecule has 0 aliphatic carbocycles. The number of halogens is 1. The Morgan fingerprint density at radius 1 is 1.16 bits per heavy atom. The van der Waals surface area contributed by atoms with Crippen molar-refractivity contribution in [1.82, 2.24) is 0 Å². The Kier molecular flexibility index (Phi) is 9.24. The van der Waals surface area contributed by atoms with Crippen LogP contribution in [0.3, 0.4) is 0 Å². The molecular formula is C19H25ClO5. The molecule has 0 spiro atoms. The molecule has 138 valence electrons. The molecule has 0 saturated heterocycles. The fourth-order valence-electron chi connectivity index (χ4n) is 2.66. The summed E-state index contributed by atoms with van der Waals surface area (Å²) in [7, 11) is 0. The van der Waals surface area contributed by atoms with E-state index in [0.29, 0.717) is 17.0 Å². The minimum Gasteiger partial charge on any atom is -0.465 e. The second-order valence-corrected chi connectivity index (χ2v) is 5.95. The Morgan fingerprint density at radius 3 is 2.20 bits per heavy atom. The van der Waals surface area contributed by atoms with Gasteiger partial charge in [-0.1, -0.05) is 41.4 Å². The molecule has 0 radical (unpaired) electrons. The number of carbonyl (C=O) groups is 2. The summed E-state index contributed by atoms with van der Waals surface area (Å²) in [6.07, 6.45) is 2.00. The number of aliphatic hydroxyl groups excluding tert-OH is 1. The zero-order valence-corrected chi connectivity index (χ0v) is 15.6. The van der Waals surface area contributed by atoms with Crippen LogP contribution >= 0.6 is 11.6 Å². The van der Waals surface area contributed by atoms with E-state index < -0.39 is 23.8 Å². The Bertz CT molecular complexity index is 594. The van der Waals surface area contributed by atoms with Gasteiger partial charge < -0.3 is 14.6 Å². The molecule has 6 heteroatoms. The third-order valence-corrected chi connectivity index (χ3v) is 4.11. The van der Waals surface area contributed by atoms with E-state index in [1.165, 1.54) is 0 Å². The van der Waals surface area contributed by atoms with Gasteiger partial charge >= 0.3 is 11.9 Å². The lowest BCUT2D eigenvalue weighted by atomic mass is 9.81. The van der Waals surface area contributed by atoms with Crippen molar-refractivity contribution in [3.8, 4) is 0 Å². The fourth-order valence-corrected chi connectivity index (χ4v) is 2.93. The van der Waals surface area contributed by atoms with Crippen LogP contribution in [0.5, 0.6) is 0 Å². The first-order valence-electron chi connectivity index (χ1n) is 8.30. The molecule has 0 heterocycles. The van der Waals surface area contributed by atoms with Gasteiger partial charge in [-0.25, -0.2) is 0 Å². The topological polar surface area (TPSA) is 72.8 Å². The minimum atomic E-state index is -1.12. The zero-order chi connectivity index (χ0) is 18.8. The molecule has 0 fully saturated rings. The van der Waals surface area contributed by atoms with Gasteiger partial charge in [0.05, 0.1) is 19.8 Å². The summed E-state index contributed by atoms with van der Waals surface area (Å²) >= 11 is 6.31. The van der Waals surface area contributed by atoms with Gasteiger partial charge in [0.1, 0.15) is 0 Å². The Labute approximate surface area is 153 Å². The lowest BCUT2D eigenvalue weighted by Gasteiger charge is -2.25. The molecule has 0 saturated carbocycles. The SMILES string of the molecule is CCOC(=O)C(C(=O)OCC)[C@H](C/C(C)=C/CO)c1ccccc1Cl. The number of aliphatic hydroxyl groups is 1. The summed E-state index contributed by atoms with van der Waals surface area (Å²) < 4.78 is 10.2. The van der Waals surface area contributed by atoms with Crippen LogP contribution in [0.25, 0.3) is 0 Å². The lowest BCUT2D eigenvalue weighted by molar-refractivity contribution is -0.162. The van der Waals surface area contributed by atoms with Crippen LogP contribution in [0.1, 0.15) is 38.7 Å². The highest BCUT2D eigenvalue weighted by Crippen LogP contribution is 2.36. The average Bonchev–Trinajstić information content (AvgIpc) is 2.55. The molecule has 0 bridgehead atoms. The molecule has 0 aromatic heterocycles. The Hall–Kier alpha value is -1.85. The fraction of sp³-hybridized carbons (Fsp3) is 0.474. The lowest BCUT2D eigenvalue weighted by Crippen LogP contribution is -2.34. The van der Waals surface area contributed by atoms with Crippen molar-refractivity contribution in [1.29, 1.82) is 0 Å². The van der Waals surface area contributed by atoms with Crippen LogP contribution in [0, 0.1) is 5.92 Å². The third kappa shape index (κ3) is 6.18.